The van der Waals surface area contributed by atoms with Crippen LogP contribution in [0.3, 0.4) is 0 Å². The number of benzene rings is 1. The predicted molar refractivity (Wildman–Crippen MR) is 55.3 cm³/mol. The third-order valence-corrected chi connectivity index (χ3v) is 2.11. The van der Waals surface area contributed by atoms with Crippen molar-refractivity contribution < 1.29 is 22.4 Å². The summed E-state index contributed by atoms with van der Waals surface area (Å²) in [6.07, 6.45) is -4.60. The van der Waals surface area contributed by atoms with Gasteiger partial charge in [0.05, 0.1) is 11.3 Å². The van der Waals surface area contributed by atoms with Crippen molar-refractivity contribution in [3.8, 4) is 0 Å². The molecular weight excluding hydrogens is 262 g/mol. The second-order valence-corrected chi connectivity index (χ2v) is 3.95. The fourth-order valence-electron chi connectivity index (χ4n) is 1.03. The molecule has 1 amide bonds. The van der Waals surface area contributed by atoms with Gasteiger partial charge in [0.15, 0.2) is 0 Å². The van der Waals surface area contributed by atoms with Crippen LogP contribution in [0.15, 0.2) is 18.2 Å². The predicted octanol–water partition coefficient (Wildman–Crippen LogP) is 3.41. The number of carbonyl (C=O) groups excluding carboxylic acids is 1. The van der Waals surface area contributed by atoms with E-state index in [1.807, 2.05) is 5.32 Å². The van der Waals surface area contributed by atoms with E-state index in [9.17, 15) is 22.4 Å². The third-order valence-electron chi connectivity index (χ3n) is 1.91. The van der Waals surface area contributed by atoms with E-state index in [0.29, 0.717) is 18.2 Å². The van der Waals surface area contributed by atoms with Crippen LogP contribution in [0.5, 0.6) is 0 Å². The zero-order valence-electron chi connectivity index (χ0n) is 8.61. The molecule has 2 nitrogen and oxygen atoms in total. The van der Waals surface area contributed by atoms with Gasteiger partial charge >= 0.3 is 6.18 Å². The molecule has 1 atom stereocenters. The van der Waals surface area contributed by atoms with Gasteiger partial charge in [0.25, 0.3) is 0 Å². The average molecular weight is 270 g/mol. The molecule has 1 rings (SSSR count). The topological polar surface area (TPSA) is 29.1 Å². The molecule has 0 spiro atoms. The van der Waals surface area contributed by atoms with E-state index in [1.54, 1.807) is 0 Å². The molecule has 0 aromatic heterocycles. The highest BCUT2D eigenvalue weighted by molar-refractivity contribution is 6.32. The van der Waals surface area contributed by atoms with Gasteiger partial charge in [-0.3, -0.25) is 4.79 Å². The number of amides is 1. The maximum atomic E-state index is 13.2. The van der Waals surface area contributed by atoms with Gasteiger partial charge in [-0.15, -0.1) is 11.6 Å². The summed E-state index contributed by atoms with van der Waals surface area (Å²) < 4.78 is 50.2. The lowest BCUT2D eigenvalue weighted by molar-refractivity contribution is -0.137. The Morgan fingerprint density at radius 1 is 1.41 bits per heavy atom. The van der Waals surface area contributed by atoms with Crippen LogP contribution >= 0.6 is 11.6 Å². The molecule has 0 aliphatic rings. The first-order valence-corrected chi connectivity index (χ1v) is 4.97. The summed E-state index contributed by atoms with van der Waals surface area (Å²) >= 11 is 5.40. The molecule has 7 heteroatoms. The second-order valence-electron chi connectivity index (χ2n) is 3.30. The van der Waals surface area contributed by atoms with Crippen LogP contribution in [0, 0.1) is 5.82 Å². The van der Waals surface area contributed by atoms with Crippen molar-refractivity contribution in [1.29, 1.82) is 0 Å². The molecule has 0 radical (unpaired) electrons. The minimum Gasteiger partial charge on any atom is -0.322 e. The Hall–Kier alpha value is -1.30. The Morgan fingerprint density at radius 2 is 2.00 bits per heavy atom. The summed E-state index contributed by atoms with van der Waals surface area (Å²) in [4.78, 5) is 11.1. The van der Waals surface area contributed by atoms with Gasteiger partial charge in [0, 0.05) is 0 Å². The third kappa shape index (κ3) is 3.59. The molecule has 17 heavy (non-hydrogen) atoms. The minimum atomic E-state index is -4.60. The SMILES string of the molecule is C[C@@H](Cl)C(=O)Nc1cc(C(F)(F)F)ccc1F. The van der Waals surface area contributed by atoms with E-state index in [4.69, 9.17) is 11.6 Å². The highest BCUT2D eigenvalue weighted by Gasteiger charge is 2.31. The number of anilines is 1. The molecule has 0 saturated heterocycles. The number of hydrogen-bond donors (Lipinski definition) is 1. The molecule has 1 aromatic carbocycles. The van der Waals surface area contributed by atoms with Gasteiger partial charge in [0.2, 0.25) is 5.91 Å². The second kappa shape index (κ2) is 4.91. The molecule has 94 valence electrons. The van der Waals surface area contributed by atoms with Gasteiger partial charge < -0.3 is 5.32 Å². The normalized spacial score (nSPS) is 13.3. The molecule has 0 aliphatic heterocycles. The summed E-state index contributed by atoms with van der Waals surface area (Å²) in [7, 11) is 0. The number of rotatable bonds is 2. The zero-order chi connectivity index (χ0) is 13.2. The van der Waals surface area contributed by atoms with E-state index in [-0.39, 0.29) is 0 Å². The van der Waals surface area contributed by atoms with Gasteiger partial charge in [-0.25, -0.2) is 4.39 Å². The molecule has 0 saturated carbocycles. The molecule has 0 bridgehead atoms. The zero-order valence-corrected chi connectivity index (χ0v) is 9.36. The standard InChI is InChI=1S/C10H8ClF4NO/c1-5(11)9(17)16-8-4-6(10(13,14)15)2-3-7(8)12/h2-5H,1H3,(H,16,17)/t5-/m1/s1. The van der Waals surface area contributed by atoms with Crippen LogP contribution in [-0.2, 0) is 11.0 Å². The van der Waals surface area contributed by atoms with Crippen molar-refractivity contribution in [3.05, 3.63) is 29.6 Å². The number of hydrogen-bond acceptors (Lipinski definition) is 1. The number of nitrogens with one attached hydrogen (secondary N) is 1. The van der Waals surface area contributed by atoms with Gasteiger partial charge in [-0.05, 0) is 25.1 Å². The molecule has 1 aromatic rings. The largest absolute Gasteiger partial charge is 0.416 e. The molecule has 1 N–H and O–H groups in total. The molecular formula is C10H8ClF4NO. The van der Waals surface area contributed by atoms with Crippen LogP contribution in [-0.4, -0.2) is 11.3 Å². The van der Waals surface area contributed by atoms with Crippen LogP contribution in [0.2, 0.25) is 0 Å². The van der Waals surface area contributed by atoms with Crippen molar-refractivity contribution in [2.75, 3.05) is 5.32 Å². The van der Waals surface area contributed by atoms with Crippen molar-refractivity contribution in [2.45, 2.75) is 18.5 Å². The highest BCUT2D eigenvalue weighted by atomic mass is 35.5. The lowest BCUT2D eigenvalue weighted by Gasteiger charge is -2.11. The Labute approximate surface area is 99.6 Å². The van der Waals surface area contributed by atoms with Crippen LogP contribution in [0.25, 0.3) is 0 Å². The molecule has 0 fully saturated rings. The maximum Gasteiger partial charge on any atom is 0.416 e. The lowest BCUT2D eigenvalue weighted by atomic mass is 10.2. The monoisotopic (exact) mass is 269 g/mol. The van der Waals surface area contributed by atoms with Gasteiger partial charge in [0.1, 0.15) is 11.2 Å². The molecule has 0 heterocycles. The van der Waals surface area contributed by atoms with E-state index in [2.05, 4.69) is 0 Å². The smallest absolute Gasteiger partial charge is 0.322 e. The fourth-order valence-corrected chi connectivity index (χ4v) is 1.08. The van der Waals surface area contributed by atoms with Crippen molar-refractivity contribution in [1.82, 2.24) is 0 Å². The Kier molecular flexibility index (Phi) is 3.98. The molecule has 0 aliphatic carbocycles. The van der Waals surface area contributed by atoms with Crippen molar-refractivity contribution >= 4 is 23.2 Å². The summed E-state index contributed by atoms with van der Waals surface area (Å²) in [5.74, 6) is -1.73. The van der Waals surface area contributed by atoms with Gasteiger partial charge in [-0.1, -0.05) is 0 Å². The quantitative estimate of drug-likeness (QED) is 0.647. The Balaban J connectivity index is 3.03. The number of carbonyl (C=O) groups is 1. The number of alkyl halides is 4. The first-order chi connectivity index (χ1) is 7.71. The van der Waals surface area contributed by atoms with Gasteiger partial charge in [-0.2, -0.15) is 13.2 Å². The first-order valence-electron chi connectivity index (χ1n) is 4.53. The van der Waals surface area contributed by atoms with Crippen molar-refractivity contribution in [3.63, 3.8) is 0 Å². The van der Waals surface area contributed by atoms with E-state index in [1.165, 1.54) is 6.92 Å². The fraction of sp³-hybridized carbons (Fsp3) is 0.300. The van der Waals surface area contributed by atoms with Crippen LogP contribution < -0.4 is 5.32 Å². The summed E-state index contributed by atoms with van der Waals surface area (Å²) in [5, 5.41) is 1.01. The highest BCUT2D eigenvalue weighted by Crippen LogP contribution is 2.31. The maximum absolute atomic E-state index is 13.2. The molecule has 0 unspecified atom stereocenters. The van der Waals surface area contributed by atoms with E-state index in [0.717, 1.165) is 0 Å². The summed E-state index contributed by atoms with van der Waals surface area (Å²) in [5.41, 5.74) is -1.59. The summed E-state index contributed by atoms with van der Waals surface area (Å²) in [6.45, 7) is 1.32. The average Bonchev–Trinajstić information content (AvgIpc) is 2.19. The van der Waals surface area contributed by atoms with Crippen molar-refractivity contribution in [2.24, 2.45) is 0 Å². The minimum absolute atomic E-state index is 0.520. The Morgan fingerprint density at radius 3 is 2.47 bits per heavy atom. The number of halogens is 5. The summed E-state index contributed by atoms with van der Waals surface area (Å²) in [6, 6.07) is 1.75. The first kappa shape index (κ1) is 13.8. The van der Waals surface area contributed by atoms with E-state index >= 15 is 0 Å². The lowest BCUT2D eigenvalue weighted by Crippen LogP contribution is -2.21. The van der Waals surface area contributed by atoms with Crippen LogP contribution in [0.4, 0.5) is 23.2 Å². The Bertz CT molecular complexity index is 431. The van der Waals surface area contributed by atoms with E-state index < -0.39 is 34.5 Å². The van der Waals surface area contributed by atoms with Crippen LogP contribution in [0.1, 0.15) is 12.5 Å².